The van der Waals surface area contributed by atoms with Gasteiger partial charge in [-0.15, -0.1) is 0 Å². The molecule has 14 amide bonds. The van der Waals surface area contributed by atoms with Crippen molar-refractivity contribution in [1.29, 1.82) is 0 Å². The Bertz CT molecular complexity index is 3670. The molecule has 1 fully saturated rings. The fraction of sp³-hybridized carbons (Fsp3) is 0.614. The highest BCUT2D eigenvalue weighted by molar-refractivity contribution is 6.02. The quantitative estimate of drug-likeness (QED) is 0.0223. The van der Waals surface area contributed by atoms with Gasteiger partial charge in [0.1, 0.15) is 72.6 Å². The van der Waals surface area contributed by atoms with Crippen LogP contribution in [0, 0.1) is 17.8 Å². The number of esters is 1. The molecule has 14 atom stereocenters. The van der Waals surface area contributed by atoms with Crippen molar-refractivity contribution in [2.24, 2.45) is 29.2 Å². The molecule has 0 bridgehead atoms. The van der Waals surface area contributed by atoms with Gasteiger partial charge in [-0.25, -0.2) is 4.79 Å². The number of carboxylic acids is 4. The summed E-state index contributed by atoms with van der Waals surface area (Å²) in [6.07, 6.45) is 0.374. The molecule has 0 spiro atoms. The van der Waals surface area contributed by atoms with Crippen LogP contribution in [0.25, 0.3) is 10.9 Å². The number of rotatable bonds is 36. The molecule has 1 aliphatic rings. The second-order valence-electron chi connectivity index (χ2n) is 27.5. The predicted molar refractivity (Wildman–Crippen MR) is 390 cm³/mol. The first-order valence-electron chi connectivity index (χ1n) is 36.5. The molecule has 0 saturated carbocycles. The highest BCUT2D eigenvalue weighted by Crippen LogP contribution is 2.21. The van der Waals surface area contributed by atoms with Crippen LogP contribution in [-0.2, 0) is 102 Å². The van der Waals surface area contributed by atoms with Crippen molar-refractivity contribution in [2.45, 2.75) is 223 Å². The van der Waals surface area contributed by atoms with E-state index in [1.165, 1.54) is 13.8 Å². The highest BCUT2D eigenvalue weighted by Gasteiger charge is 2.41. The van der Waals surface area contributed by atoms with E-state index in [1.54, 1.807) is 30.5 Å². The summed E-state index contributed by atoms with van der Waals surface area (Å²) in [6, 6.07) is -15.3. The lowest BCUT2D eigenvalue weighted by molar-refractivity contribution is -0.157. The number of benzene rings is 1. The minimum Gasteiger partial charge on any atom is -0.481 e. The van der Waals surface area contributed by atoms with Crippen LogP contribution < -0.4 is 80.6 Å². The summed E-state index contributed by atoms with van der Waals surface area (Å²) in [5.41, 5.74) is 12.5. The average Bonchev–Trinajstić information content (AvgIpc) is 1.78. The van der Waals surface area contributed by atoms with Crippen molar-refractivity contribution < 1.29 is 126 Å². The standard InChI is InChI=1S/C70H106N16O26/c1-7-35(4)17-12-10-8-9-11-13-21-50(90)77-42(24-38-29-73-40-19-15-14-18-39(38)40)62(103)79-43(25-49(72)89)63(104)82-46(28-56(99)100)65(106)86-59-37(6)112-70(111)57(34(2)3)84-69(110)58(36(5)23-53(93)94)85-67(108)47(32-87)78-52(92)30-74-60(101)44(26-54(95)96)80-66(107)48(33-88)83-64(105)45(27-55(97)98)81-61(102)41(20-16-22-71)76-51(91)31-75-68(59)109/h14-15,18-19,29,34-37,41-48,57-59,73,87-88H,7-13,16-17,20-28,30-33,71H2,1-6H3,(H2,72,89)(H,74,101)(H,75,109)(H,76,91)(H,77,90)(H,78,92)(H,79,103)(H,80,107)(H,81,102)(H,82,104)(H,83,105)(H,84,110)(H,85,108)(H,86,106)(H,93,94)(H,95,96)(H,97,98)(H,99,100). The van der Waals surface area contributed by atoms with Crippen molar-refractivity contribution in [3.63, 3.8) is 0 Å². The number of carbonyl (C=O) groups excluding carboxylic acids is 15. The number of aliphatic carboxylic acids is 4. The lowest BCUT2D eigenvalue weighted by Gasteiger charge is -2.31. The first-order valence-corrected chi connectivity index (χ1v) is 36.5. The molecule has 1 saturated heterocycles. The first-order chi connectivity index (χ1) is 52.8. The molecule has 1 aromatic heterocycles. The Kier molecular flexibility index (Phi) is 40.8. The van der Waals surface area contributed by atoms with Gasteiger partial charge in [0, 0.05) is 29.9 Å². The van der Waals surface area contributed by atoms with Gasteiger partial charge in [0.2, 0.25) is 82.7 Å². The van der Waals surface area contributed by atoms with Crippen LogP contribution in [0.1, 0.15) is 150 Å². The molecule has 42 heteroatoms. The van der Waals surface area contributed by atoms with Gasteiger partial charge < -0.3 is 121 Å². The summed E-state index contributed by atoms with van der Waals surface area (Å²) in [7, 11) is 0. The third-order valence-corrected chi connectivity index (χ3v) is 17.9. The Labute approximate surface area is 643 Å². The van der Waals surface area contributed by atoms with Crippen LogP contribution >= 0.6 is 0 Å². The van der Waals surface area contributed by atoms with Gasteiger partial charge in [0.25, 0.3) is 0 Å². The highest BCUT2D eigenvalue weighted by atomic mass is 16.5. The Balaban J connectivity index is 2.17. The molecule has 112 heavy (non-hydrogen) atoms. The number of unbranched alkanes of at least 4 members (excludes halogenated alkanes) is 5. The Morgan fingerprint density at radius 1 is 0.545 bits per heavy atom. The monoisotopic (exact) mass is 1590 g/mol. The van der Waals surface area contributed by atoms with Crippen molar-refractivity contribution in [1.82, 2.24) is 74.1 Å². The normalized spacial score (nSPS) is 21.9. The molecule has 0 radical (unpaired) electrons. The molecular formula is C70H106N16O26. The number of nitrogens with one attached hydrogen (secondary N) is 14. The van der Waals surface area contributed by atoms with E-state index in [0.717, 1.165) is 52.4 Å². The number of aliphatic hydroxyl groups is 2. The average molecular weight is 1590 g/mol. The Hall–Kier alpha value is -11.4. The second kappa shape index (κ2) is 48.3. The van der Waals surface area contributed by atoms with Gasteiger partial charge in [-0.1, -0.05) is 97.8 Å². The summed E-state index contributed by atoms with van der Waals surface area (Å²) in [5, 5.41) is 88.5. The topological polar surface area (TPSA) is 679 Å². The van der Waals surface area contributed by atoms with E-state index in [0.29, 0.717) is 35.2 Å². The minimum absolute atomic E-state index is 0.00287. The number of aliphatic hydroxyl groups excluding tert-OH is 2. The zero-order valence-corrected chi connectivity index (χ0v) is 63.1. The van der Waals surface area contributed by atoms with E-state index in [4.69, 9.17) is 16.2 Å². The van der Waals surface area contributed by atoms with Crippen LogP contribution in [0.5, 0.6) is 0 Å². The summed E-state index contributed by atoms with van der Waals surface area (Å²) >= 11 is 0. The number of carboxylic acid groups (broad SMARTS) is 4. The van der Waals surface area contributed by atoms with Crippen LogP contribution in [0.4, 0.5) is 0 Å². The molecule has 42 nitrogen and oxygen atoms in total. The van der Waals surface area contributed by atoms with Crippen LogP contribution in [0.15, 0.2) is 30.5 Å². The number of amides is 14. The van der Waals surface area contributed by atoms with Gasteiger partial charge in [0.05, 0.1) is 58.4 Å². The van der Waals surface area contributed by atoms with Gasteiger partial charge in [-0.3, -0.25) is 86.3 Å². The van der Waals surface area contributed by atoms with Crippen molar-refractivity contribution in [3.8, 4) is 0 Å². The number of ether oxygens (including phenoxy) is 1. The maximum absolute atomic E-state index is 14.6. The van der Waals surface area contributed by atoms with E-state index < -0.39 is 262 Å². The van der Waals surface area contributed by atoms with Gasteiger partial charge >= 0.3 is 29.8 Å². The van der Waals surface area contributed by atoms with Crippen LogP contribution in [-0.4, -0.2) is 254 Å². The van der Waals surface area contributed by atoms with Crippen molar-refractivity contribution in [3.05, 3.63) is 36.0 Å². The van der Waals surface area contributed by atoms with E-state index in [2.05, 4.69) is 66.7 Å². The molecule has 3 rings (SSSR count). The van der Waals surface area contributed by atoms with Crippen molar-refractivity contribution in [2.75, 3.05) is 32.8 Å². The molecule has 2 heterocycles. The third kappa shape index (κ3) is 33.4. The molecule has 622 valence electrons. The molecule has 0 aliphatic carbocycles. The number of aromatic amines is 1. The number of para-hydroxylation sites is 1. The number of primary amides is 1. The SMILES string of the molecule is CCC(C)CCCCCCCCC(=O)NC(Cc1c[nH]c2ccccc12)C(=O)NC(CC(N)=O)C(=O)NC(CC(=O)O)C(=O)NC1C(=O)NCC(=O)NC(CCCN)C(=O)NC(CC(=O)O)C(=O)NC(CO)C(=O)NC(CC(=O)O)C(=O)NCC(=O)NC(CO)C(=O)NC(C(C)CC(=O)O)C(=O)NC(C(C)C)C(=O)OC1C. The Morgan fingerprint density at radius 3 is 1.61 bits per heavy atom. The van der Waals surface area contributed by atoms with E-state index in [-0.39, 0.29) is 25.8 Å². The fourth-order valence-electron chi connectivity index (χ4n) is 11.5. The lowest BCUT2D eigenvalue weighted by atomic mass is 9.95. The number of nitrogens with two attached hydrogens (primary N) is 2. The summed E-state index contributed by atoms with van der Waals surface area (Å²) in [6.45, 7) is 3.94. The van der Waals surface area contributed by atoms with Gasteiger partial charge in [-0.2, -0.15) is 0 Å². The largest absolute Gasteiger partial charge is 0.481 e. The second-order valence-corrected chi connectivity index (χ2v) is 27.5. The van der Waals surface area contributed by atoms with Crippen LogP contribution in [0.2, 0.25) is 0 Å². The summed E-state index contributed by atoms with van der Waals surface area (Å²) < 4.78 is 5.66. The van der Waals surface area contributed by atoms with Crippen LogP contribution in [0.3, 0.4) is 0 Å². The molecule has 1 aliphatic heterocycles. The number of hydrogen-bond acceptors (Lipinski definition) is 23. The number of hydrogen-bond donors (Lipinski definition) is 22. The van der Waals surface area contributed by atoms with E-state index >= 15 is 0 Å². The third-order valence-electron chi connectivity index (χ3n) is 17.9. The molecule has 2 aromatic rings. The number of cyclic esters (lactones) is 1. The number of carbonyl (C=O) groups is 19. The molecule has 24 N–H and O–H groups in total. The lowest BCUT2D eigenvalue weighted by Crippen LogP contribution is -2.62. The van der Waals surface area contributed by atoms with E-state index in [1.807, 2.05) is 21.3 Å². The zero-order valence-electron chi connectivity index (χ0n) is 63.1. The summed E-state index contributed by atoms with van der Waals surface area (Å²) in [4.78, 5) is 260. The van der Waals surface area contributed by atoms with Crippen molar-refractivity contribution >= 4 is 123 Å². The Morgan fingerprint density at radius 2 is 1.04 bits per heavy atom. The van der Waals surface area contributed by atoms with Gasteiger partial charge in [-0.05, 0) is 62.1 Å². The number of aromatic nitrogens is 1. The minimum atomic E-state index is -2.33. The number of fused-ring (bicyclic) bond motifs is 1. The maximum Gasteiger partial charge on any atom is 0.329 e. The molecule has 14 unspecified atom stereocenters. The van der Waals surface area contributed by atoms with E-state index in [9.17, 15) is 122 Å². The zero-order chi connectivity index (χ0) is 84.1. The maximum atomic E-state index is 14.6. The smallest absolute Gasteiger partial charge is 0.329 e. The molecule has 1 aromatic carbocycles. The molecular weight excluding hydrogens is 1480 g/mol. The van der Waals surface area contributed by atoms with Gasteiger partial charge in [0.15, 0.2) is 0 Å². The summed E-state index contributed by atoms with van der Waals surface area (Å²) in [5.74, 6) is -28.6. The number of H-pyrrole nitrogens is 1. The first kappa shape index (κ1) is 94.8. The fourth-order valence-corrected chi connectivity index (χ4v) is 11.5. The predicted octanol–water partition coefficient (Wildman–Crippen LogP) is -5.82.